The molecule has 13 aromatic rings. The summed E-state index contributed by atoms with van der Waals surface area (Å²) in [5.74, 6) is 0.503. The van der Waals surface area contributed by atoms with E-state index in [0.29, 0.717) is 106 Å². The second-order valence-corrected chi connectivity index (χ2v) is 34.0. The molecule has 129 heavy (non-hydrogen) atoms. The normalized spacial score (nSPS) is 12.2. The van der Waals surface area contributed by atoms with E-state index >= 15 is 0 Å². The zero-order valence-corrected chi connectivity index (χ0v) is 74.9. The van der Waals surface area contributed by atoms with E-state index in [-0.39, 0.29) is 55.0 Å². The quantitative estimate of drug-likeness (QED) is 0.0164. The van der Waals surface area contributed by atoms with Crippen molar-refractivity contribution in [2.45, 2.75) is 103 Å². The Kier molecular flexibility index (Phi) is 30.9. The average Bonchev–Trinajstić information content (AvgIpc) is 1.79. The maximum atomic E-state index is 13.8. The second kappa shape index (κ2) is 43.6. The molecule has 0 saturated heterocycles. The van der Waals surface area contributed by atoms with Crippen LogP contribution in [0.3, 0.4) is 0 Å². The number of nitrogens with one attached hydrogen (secondary N) is 7. The number of fused-ring (bicyclic) bond motifs is 4. The van der Waals surface area contributed by atoms with Crippen molar-refractivity contribution in [3.8, 4) is 56.4 Å². The van der Waals surface area contributed by atoms with Gasteiger partial charge >= 0.3 is 0 Å². The van der Waals surface area contributed by atoms with Crippen LogP contribution >= 0.6 is 0 Å². The number of aryl methyl sites for hydroxylation is 4. The minimum absolute atomic E-state index is 0.0864. The number of aromatic nitrogens is 12. The number of H-pyrrole nitrogens is 3. The predicted molar refractivity (Wildman–Crippen MR) is 504 cm³/mol. The number of benzene rings is 8. The number of nitrogens with two attached hydrogens (primary N) is 1. The summed E-state index contributed by atoms with van der Waals surface area (Å²) in [4.78, 5) is 133. The van der Waals surface area contributed by atoms with E-state index in [1.54, 1.807) is 18.7 Å². The number of likely N-dealkylation sites (N-methyl/N-ethyl adjacent to an activating group) is 5. The molecule has 0 radical (unpaired) electrons. The highest BCUT2D eigenvalue weighted by atomic mass is 16.2. The summed E-state index contributed by atoms with van der Waals surface area (Å²) >= 11 is 0. The molecular weight excluding hydrogens is 1630 g/mol. The number of hydrogen-bond donors (Lipinski definition) is 8. The lowest BCUT2D eigenvalue weighted by atomic mass is 9.99. The van der Waals surface area contributed by atoms with Gasteiger partial charge in [-0.15, -0.1) is 10.2 Å². The van der Waals surface area contributed by atoms with Crippen molar-refractivity contribution in [3.05, 3.63) is 227 Å². The maximum absolute atomic E-state index is 13.8. The third kappa shape index (κ3) is 24.9. The number of unbranched alkanes of at least 4 members (excludes halogenated alkanes) is 4. The smallest absolute Gasteiger partial charge is 0.251 e. The number of aliphatic imine (C=N–C) groups is 1. The van der Waals surface area contributed by atoms with E-state index < -0.39 is 11.9 Å². The van der Waals surface area contributed by atoms with E-state index in [2.05, 4.69) is 128 Å². The summed E-state index contributed by atoms with van der Waals surface area (Å²) < 4.78 is 3.59. The molecule has 1 atom stereocenters. The fraction of sp³-hybridized carbons (Fsp3) is 0.357. The van der Waals surface area contributed by atoms with Gasteiger partial charge in [0.05, 0.1) is 62.4 Å². The number of amides is 7. The Labute approximate surface area is 751 Å². The molecule has 5 aromatic heterocycles. The molecule has 31 heteroatoms. The highest BCUT2D eigenvalue weighted by Gasteiger charge is 2.29. The van der Waals surface area contributed by atoms with Gasteiger partial charge in [0.1, 0.15) is 23.5 Å². The van der Waals surface area contributed by atoms with Crippen molar-refractivity contribution >= 4 is 85.8 Å². The molecule has 0 bridgehead atoms. The molecule has 0 aliphatic carbocycles. The molecule has 1 aliphatic heterocycles. The fourth-order valence-corrected chi connectivity index (χ4v) is 15.7. The first-order valence-corrected chi connectivity index (χ1v) is 44.5. The zero-order valence-electron chi connectivity index (χ0n) is 74.9. The summed E-state index contributed by atoms with van der Waals surface area (Å²) in [6.07, 6.45) is 12.8. The van der Waals surface area contributed by atoms with Crippen LogP contribution in [0.2, 0.25) is 0 Å². The molecule has 8 aromatic carbocycles. The van der Waals surface area contributed by atoms with Crippen LogP contribution in [-0.4, -0.2) is 270 Å². The predicted octanol–water partition coefficient (Wildman–Crippen LogP) is 11.3. The third-order valence-electron chi connectivity index (χ3n) is 23.5. The Morgan fingerprint density at radius 2 is 0.806 bits per heavy atom. The Balaban J connectivity index is 0.426. The number of primary amides is 1. The standard InChI is InChI=1S/C98H116N24O7/c1-65(119(8)90(124)19-10-9-13-51-121-62-79(111-113-121)17-11-14-48-117(6)55-46-102-97(128)73-34-26-69(27-35-73)93-107-83-43-40-77(60-88(83)110-93)76-39-42-82-87(59-76)109-92(106-82)67-22-30-71(31-23-67)95(126)101-45-54-116(4)5)98(129)120(64-89(99)123)50-16-52-122-63-80(112-114-122)18-12-15-49-118(7)56-47-103-96(127)72-32-24-68(25-33-72)91-105-81-41-38-75(58-86(81)108-91)74-36-37-78-61-84(104-85(78)57-74)66-20-28-70(29-21-66)94(125)100-44-53-115(2)3/h20-43,57-60,62-63,65H,9-19,44-56,61,64H2,1-8H3,(H2,99,123)(H,100,125)(H,101,126)(H,102,128)(H,103,127)(H,105,108)(H,106,109)(H,107,110)/t65-/m0/s1. The largest absolute Gasteiger partial charge is 0.368 e. The molecule has 1 aliphatic rings. The lowest BCUT2D eigenvalue weighted by molar-refractivity contribution is -0.145. The number of aromatic amines is 3. The molecule has 9 N–H and O–H groups in total. The van der Waals surface area contributed by atoms with Crippen molar-refractivity contribution in [3.63, 3.8) is 0 Å². The lowest BCUT2D eigenvalue weighted by Crippen LogP contribution is -2.50. The number of carbonyl (C=O) groups excluding carboxylic acids is 7. The lowest BCUT2D eigenvalue weighted by Gasteiger charge is -2.30. The van der Waals surface area contributed by atoms with Gasteiger partial charge < -0.3 is 71.4 Å². The van der Waals surface area contributed by atoms with Crippen molar-refractivity contribution in [2.75, 3.05) is 128 Å². The van der Waals surface area contributed by atoms with Crippen LogP contribution in [0.25, 0.3) is 89.5 Å². The molecule has 0 spiro atoms. The molecule has 0 unspecified atom stereocenters. The van der Waals surface area contributed by atoms with Gasteiger partial charge in [0.2, 0.25) is 17.7 Å². The van der Waals surface area contributed by atoms with E-state index in [1.165, 1.54) is 9.80 Å². The molecule has 7 amide bonds. The van der Waals surface area contributed by atoms with Crippen molar-refractivity contribution in [2.24, 2.45) is 10.7 Å². The SMILES string of the molecule is C[C@@H](C(=O)N(CCCn1cc(CCCCN(C)CCNC(=O)c2ccc(-c3nc4cc(-c5ccc6c(c5)N=C(c5ccc(C(=O)NCCN(C)C)cc5)C6)ccc4[nH]3)cc2)nn1)CC(N)=O)N(C)C(=O)CCCCCn1cc(CCCCN(C)CCNC(=O)c2ccc(-c3nc4cc(-c5ccc6[nH]c(-c7ccc(C(=O)NCCN(C)C)cc7)nc6c5)ccc4[nH]3)cc2)nn1. The van der Waals surface area contributed by atoms with Crippen LogP contribution < -0.4 is 27.0 Å². The van der Waals surface area contributed by atoms with Gasteiger partial charge in [-0.2, -0.15) is 0 Å². The fourth-order valence-electron chi connectivity index (χ4n) is 15.7. The van der Waals surface area contributed by atoms with E-state index in [0.717, 1.165) is 189 Å². The minimum atomic E-state index is -0.802. The number of nitrogens with zero attached hydrogens (tertiary/aromatic N) is 16. The van der Waals surface area contributed by atoms with Gasteiger partial charge in [-0.3, -0.25) is 47.9 Å². The van der Waals surface area contributed by atoms with Gasteiger partial charge in [0.15, 0.2) is 0 Å². The van der Waals surface area contributed by atoms with Gasteiger partial charge in [-0.25, -0.2) is 15.0 Å². The summed E-state index contributed by atoms with van der Waals surface area (Å²) in [5.41, 5.74) is 25.7. The molecule has 6 heterocycles. The summed E-state index contributed by atoms with van der Waals surface area (Å²) in [5, 5.41) is 29.5. The van der Waals surface area contributed by atoms with Gasteiger partial charge in [0, 0.05) is 143 Å². The first-order valence-electron chi connectivity index (χ1n) is 44.5. The first-order chi connectivity index (χ1) is 62.4. The number of carbonyl (C=O) groups is 7. The molecule has 670 valence electrons. The average molecular weight is 1740 g/mol. The van der Waals surface area contributed by atoms with E-state index in [9.17, 15) is 33.6 Å². The van der Waals surface area contributed by atoms with Crippen LogP contribution in [-0.2, 0) is 46.7 Å². The highest BCUT2D eigenvalue weighted by molar-refractivity contribution is 6.08. The summed E-state index contributed by atoms with van der Waals surface area (Å²) in [6, 6.07) is 54.1. The molecule has 0 fully saturated rings. The third-order valence-corrected chi connectivity index (χ3v) is 23.5. The zero-order chi connectivity index (χ0) is 90.5. The molecule has 0 saturated carbocycles. The molecule has 14 rings (SSSR count). The van der Waals surface area contributed by atoms with Gasteiger partial charge in [-0.1, -0.05) is 95.7 Å². The maximum Gasteiger partial charge on any atom is 0.251 e. The molecule has 31 nitrogen and oxygen atoms in total. The van der Waals surface area contributed by atoms with Gasteiger partial charge in [-0.05, 0) is 244 Å². The topological polar surface area (TPSA) is 373 Å². The van der Waals surface area contributed by atoms with Crippen LogP contribution in [0.5, 0.6) is 0 Å². The van der Waals surface area contributed by atoms with Crippen LogP contribution in [0.1, 0.15) is 129 Å². The monoisotopic (exact) mass is 1740 g/mol. The Morgan fingerprint density at radius 3 is 1.22 bits per heavy atom. The summed E-state index contributed by atoms with van der Waals surface area (Å²) in [7, 11) is 13.6. The molecular formula is C98H116N24O7. The second-order valence-electron chi connectivity index (χ2n) is 34.0. The summed E-state index contributed by atoms with van der Waals surface area (Å²) in [6.45, 7) is 9.55. The van der Waals surface area contributed by atoms with Crippen molar-refractivity contribution in [1.82, 2.24) is 111 Å². The minimum Gasteiger partial charge on any atom is -0.368 e. The van der Waals surface area contributed by atoms with Crippen molar-refractivity contribution in [1.29, 1.82) is 0 Å². The van der Waals surface area contributed by atoms with Crippen LogP contribution in [0, 0.1) is 0 Å². The first kappa shape index (κ1) is 91.5. The highest BCUT2D eigenvalue weighted by Crippen LogP contribution is 2.36. The van der Waals surface area contributed by atoms with Crippen LogP contribution in [0.4, 0.5) is 5.69 Å². The number of hydrogen-bond acceptors (Lipinski definition) is 19. The van der Waals surface area contributed by atoms with E-state index in [4.69, 9.17) is 25.7 Å². The van der Waals surface area contributed by atoms with Gasteiger partial charge in [0.25, 0.3) is 23.6 Å². The Morgan fingerprint density at radius 1 is 0.419 bits per heavy atom. The van der Waals surface area contributed by atoms with E-state index in [1.807, 2.05) is 177 Å². The Hall–Kier alpha value is -13.8. The number of imidazole rings is 3. The number of rotatable bonds is 46. The Bertz CT molecular complexity index is 6090. The van der Waals surface area contributed by atoms with Crippen molar-refractivity contribution < 1.29 is 33.6 Å². The van der Waals surface area contributed by atoms with Crippen LogP contribution in [0.15, 0.2) is 187 Å².